The van der Waals surface area contributed by atoms with Crippen LogP contribution in [0, 0.1) is 22.7 Å². The van der Waals surface area contributed by atoms with E-state index in [0.29, 0.717) is 11.1 Å². The Morgan fingerprint density at radius 1 is 0.938 bits per heavy atom. The van der Waals surface area contributed by atoms with Crippen molar-refractivity contribution in [1.82, 2.24) is 4.98 Å². The second kappa shape index (κ2) is 4.25. The molecule has 3 nitrogen and oxygen atoms in total. The van der Waals surface area contributed by atoms with Crippen molar-refractivity contribution in [3.05, 3.63) is 53.7 Å². The Balaban J connectivity index is 2.44. The van der Waals surface area contributed by atoms with Gasteiger partial charge in [-0.15, -0.1) is 0 Å². The maximum absolute atomic E-state index is 8.78. The fraction of sp³-hybridized carbons (Fsp3) is 0. The molecule has 0 aliphatic heterocycles. The number of pyridine rings is 1. The molecule has 0 atom stereocenters. The zero-order valence-corrected chi connectivity index (χ0v) is 8.38. The summed E-state index contributed by atoms with van der Waals surface area (Å²) < 4.78 is 0. The Hall–Kier alpha value is -2.65. The molecular weight excluding hydrogens is 198 g/mol. The first-order valence-corrected chi connectivity index (χ1v) is 4.70. The summed E-state index contributed by atoms with van der Waals surface area (Å²) in [4.78, 5) is 4.16. The molecule has 0 unspecified atom stereocenters. The van der Waals surface area contributed by atoms with E-state index in [9.17, 15) is 0 Å². The van der Waals surface area contributed by atoms with Crippen LogP contribution in [0.3, 0.4) is 0 Å². The minimum atomic E-state index is 0.528. The van der Waals surface area contributed by atoms with Gasteiger partial charge in [0, 0.05) is 11.8 Å². The molecule has 0 radical (unpaired) electrons. The second-order valence-electron chi connectivity index (χ2n) is 3.24. The standard InChI is InChI=1S/C13H7N3/c14-7-10-2-1-3-12(6-10)13-5-4-11(8-15)9-16-13/h1-6,9H. The van der Waals surface area contributed by atoms with Gasteiger partial charge in [-0.05, 0) is 24.3 Å². The van der Waals surface area contributed by atoms with Crippen molar-refractivity contribution < 1.29 is 0 Å². The number of benzene rings is 1. The molecule has 2 rings (SSSR count). The van der Waals surface area contributed by atoms with Gasteiger partial charge in [-0.3, -0.25) is 4.98 Å². The van der Waals surface area contributed by atoms with Crippen LogP contribution in [0.15, 0.2) is 42.6 Å². The van der Waals surface area contributed by atoms with Gasteiger partial charge in [-0.2, -0.15) is 10.5 Å². The Labute approximate surface area is 93.2 Å². The van der Waals surface area contributed by atoms with E-state index in [4.69, 9.17) is 10.5 Å². The number of hydrogen-bond donors (Lipinski definition) is 0. The van der Waals surface area contributed by atoms with Gasteiger partial charge in [0.05, 0.1) is 22.9 Å². The molecule has 16 heavy (non-hydrogen) atoms. The maximum atomic E-state index is 8.78. The average Bonchev–Trinajstić information content (AvgIpc) is 2.39. The van der Waals surface area contributed by atoms with E-state index in [1.807, 2.05) is 18.2 Å². The number of nitriles is 2. The Morgan fingerprint density at radius 3 is 2.38 bits per heavy atom. The lowest BCUT2D eigenvalue weighted by Gasteiger charge is -2.00. The first-order valence-electron chi connectivity index (χ1n) is 4.70. The molecule has 2 aromatic rings. The summed E-state index contributed by atoms with van der Waals surface area (Å²) in [6, 6.07) is 14.8. The molecule has 74 valence electrons. The van der Waals surface area contributed by atoms with Crippen molar-refractivity contribution in [2.75, 3.05) is 0 Å². The summed E-state index contributed by atoms with van der Waals surface area (Å²) in [6.07, 6.45) is 1.52. The highest BCUT2D eigenvalue weighted by molar-refractivity contribution is 5.61. The minimum absolute atomic E-state index is 0.528. The van der Waals surface area contributed by atoms with Gasteiger partial charge in [0.2, 0.25) is 0 Å². The summed E-state index contributed by atoms with van der Waals surface area (Å²) in [7, 11) is 0. The number of hydrogen-bond acceptors (Lipinski definition) is 3. The minimum Gasteiger partial charge on any atom is -0.255 e. The zero-order chi connectivity index (χ0) is 11.4. The van der Waals surface area contributed by atoms with Crippen LogP contribution in [-0.4, -0.2) is 4.98 Å². The molecule has 0 saturated carbocycles. The third kappa shape index (κ3) is 1.89. The summed E-state index contributed by atoms with van der Waals surface area (Å²) >= 11 is 0. The normalized spacial score (nSPS) is 9.12. The quantitative estimate of drug-likeness (QED) is 0.718. The van der Waals surface area contributed by atoms with Gasteiger partial charge in [0.25, 0.3) is 0 Å². The SMILES string of the molecule is N#Cc1ccc(-c2cccc(C#N)c2)nc1. The van der Waals surface area contributed by atoms with E-state index in [0.717, 1.165) is 11.3 Å². The van der Waals surface area contributed by atoms with Crippen LogP contribution in [0.2, 0.25) is 0 Å². The highest BCUT2D eigenvalue weighted by atomic mass is 14.7. The molecule has 0 amide bonds. The predicted molar refractivity (Wildman–Crippen MR) is 59.1 cm³/mol. The van der Waals surface area contributed by atoms with Gasteiger partial charge in [0.1, 0.15) is 6.07 Å². The van der Waals surface area contributed by atoms with Crippen molar-refractivity contribution >= 4 is 0 Å². The van der Waals surface area contributed by atoms with Crippen LogP contribution in [0.5, 0.6) is 0 Å². The van der Waals surface area contributed by atoms with Crippen LogP contribution in [-0.2, 0) is 0 Å². The van der Waals surface area contributed by atoms with Gasteiger partial charge in [-0.25, -0.2) is 0 Å². The van der Waals surface area contributed by atoms with Crippen LogP contribution in [0.4, 0.5) is 0 Å². The van der Waals surface area contributed by atoms with E-state index in [1.165, 1.54) is 6.20 Å². The molecule has 1 heterocycles. The lowest BCUT2D eigenvalue weighted by atomic mass is 10.1. The van der Waals surface area contributed by atoms with Crippen molar-refractivity contribution in [2.45, 2.75) is 0 Å². The van der Waals surface area contributed by atoms with E-state index < -0.39 is 0 Å². The number of aromatic nitrogens is 1. The second-order valence-corrected chi connectivity index (χ2v) is 3.24. The molecule has 0 N–H and O–H groups in total. The molecule has 3 heteroatoms. The lowest BCUT2D eigenvalue weighted by molar-refractivity contribution is 1.30. The number of rotatable bonds is 1. The topological polar surface area (TPSA) is 60.5 Å². The molecule has 0 bridgehead atoms. The highest BCUT2D eigenvalue weighted by Crippen LogP contribution is 2.17. The Bertz CT molecular complexity index is 586. The van der Waals surface area contributed by atoms with Gasteiger partial charge in [-0.1, -0.05) is 12.1 Å². The lowest BCUT2D eigenvalue weighted by Crippen LogP contribution is -1.85. The van der Waals surface area contributed by atoms with Gasteiger partial charge < -0.3 is 0 Å². The summed E-state index contributed by atoms with van der Waals surface area (Å²) in [5, 5.41) is 17.4. The van der Waals surface area contributed by atoms with Crippen molar-refractivity contribution in [3.8, 4) is 23.4 Å². The average molecular weight is 205 g/mol. The fourth-order valence-corrected chi connectivity index (χ4v) is 1.38. The van der Waals surface area contributed by atoms with Crippen molar-refractivity contribution in [2.24, 2.45) is 0 Å². The first kappa shape index (κ1) is 9.89. The first-order chi connectivity index (χ1) is 7.83. The van der Waals surface area contributed by atoms with Crippen LogP contribution < -0.4 is 0 Å². The maximum Gasteiger partial charge on any atom is 0.101 e. The smallest absolute Gasteiger partial charge is 0.101 e. The number of nitrogens with zero attached hydrogens (tertiary/aromatic N) is 3. The zero-order valence-electron chi connectivity index (χ0n) is 8.38. The largest absolute Gasteiger partial charge is 0.255 e. The van der Waals surface area contributed by atoms with Gasteiger partial charge >= 0.3 is 0 Å². The van der Waals surface area contributed by atoms with Crippen LogP contribution in [0.25, 0.3) is 11.3 Å². The monoisotopic (exact) mass is 205 g/mol. The van der Waals surface area contributed by atoms with Crippen molar-refractivity contribution in [1.29, 1.82) is 10.5 Å². The van der Waals surface area contributed by atoms with Crippen LogP contribution in [0.1, 0.15) is 11.1 Å². The molecule has 0 aliphatic carbocycles. The molecule has 0 aliphatic rings. The molecule has 1 aromatic heterocycles. The Kier molecular flexibility index (Phi) is 2.63. The highest BCUT2D eigenvalue weighted by Gasteiger charge is 2.00. The van der Waals surface area contributed by atoms with Crippen LogP contribution >= 0.6 is 0 Å². The fourth-order valence-electron chi connectivity index (χ4n) is 1.38. The summed E-state index contributed by atoms with van der Waals surface area (Å²) in [6.45, 7) is 0. The van der Waals surface area contributed by atoms with Gasteiger partial charge in [0.15, 0.2) is 0 Å². The third-order valence-electron chi connectivity index (χ3n) is 2.18. The summed E-state index contributed by atoms with van der Waals surface area (Å²) in [5.74, 6) is 0. The van der Waals surface area contributed by atoms with E-state index in [2.05, 4.69) is 11.1 Å². The summed E-state index contributed by atoms with van der Waals surface area (Å²) in [5.41, 5.74) is 2.77. The molecule has 0 fully saturated rings. The predicted octanol–water partition coefficient (Wildman–Crippen LogP) is 2.49. The Morgan fingerprint density at radius 2 is 1.75 bits per heavy atom. The van der Waals surface area contributed by atoms with Crippen molar-refractivity contribution in [3.63, 3.8) is 0 Å². The molecule has 0 saturated heterocycles. The van der Waals surface area contributed by atoms with E-state index in [-0.39, 0.29) is 0 Å². The third-order valence-corrected chi connectivity index (χ3v) is 2.18. The molecule has 1 aromatic carbocycles. The van der Waals surface area contributed by atoms with E-state index in [1.54, 1.807) is 24.3 Å². The van der Waals surface area contributed by atoms with E-state index >= 15 is 0 Å². The molecule has 0 spiro atoms. The molecular formula is C13H7N3.